The Morgan fingerprint density at radius 2 is 2.05 bits per heavy atom. The van der Waals surface area contributed by atoms with Gasteiger partial charge < -0.3 is 10.0 Å². The maximum atomic E-state index is 12.0. The number of amides is 1. The third-order valence-electron chi connectivity index (χ3n) is 3.23. The predicted molar refractivity (Wildman–Crippen MR) is 72.6 cm³/mol. The van der Waals surface area contributed by atoms with Gasteiger partial charge in [-0.05, 0) is 30.0 Å². The van der Waals surface area contributed by atoms with Crippen molar-refractivity contribution in [1.29, 1.82) is 0 Å². The Kier molecular flexibility index (Phi) is 4.02. The first-order valence-electron chi connectivity index (χ1n) is 5.82. The van der Waals surface area contributed by atoms with Crippen molar-refractivity contribution in [3.8, 4) is 0 Å². The number of carbonyl (C=O) groups is 2. The van der Waals surface area contributed by atoms with Gasteiger partial charge in [-0.1, -0.05) is 29.3 Å². The zero-order chi connectivity index (χ0) is 14.2. The molecule has 4 nitrogen and oxygen atoms in total. The average Bonchev–Trinajstić information content (AvgIpc) is 3.11. The van der Waals surface area contributed by atoms with Gasteiger partial charge >= 0.3 is 5.97 Å². The Bertz CT molecular complexity index is 533. The van der Waals surface area contributed by atoms with Crippen molar-refractivity contribution >= 4 is 35.1 Å². The van der Waals surface area contributed by atoms with Gasteiger partial charge in [-0.15, -0.1) is 0 Å². The van der Waals surface area contributed by atoms with Gasteiger partial charge in [-0.3, -0.25) is 9.59 Å². The second-order valence-electron chi connectivity index (χ2n) is 4.71. The lowest BCUT2D eigenvalue weighted by Gasteiger charge is -2.14. The van der Waals surface area contributed by atoms with Crippen molar-refractivity contribution in [2.24, 2.45) is 5.92 Å². The molecule has 2 unspecified atom stereocenters. The zero-order valence-corrected chi connectivity index (χ0v) is 11.8. The Balaban J connectivity index is 2.02. The Morgan fingerprint density at radius 1 is 1.37 bits per heavy atom. The van der Waals surface area contributed by atoms with Gasteiger partial charge in [-0.25, -0.2) is 0 Å². The van der Waals surface area contributed by atoms with E-state index >= 15 is 0 Å². The molecular weight excluding hydrogens is 289 g/mol. The number of likely N-dealkylation sites (N-methyl/N-ethyl adjacent to an activating group) is 1. The fraction of sp³-hybridized carbons (Fsp3) is 0.385. The summed E-state index contributed by atoms with van der Waals surface area (Å²) in [6.07, 6.45) is 0.723. The number of hydrogen-bond donors (Lipinski definition) is 1. The normalized spacial score (nSPS) is 21.0. The summed E-state index contributed by atoms with van der Waals surface area (Å²) in [5.74, 6) is -1.19. The summed E-state index contributed by atoms with van der Waals surface area (Å²) in [4.78, 5) is 23.8. The highest BCUT2D eigenvalue weighted by Crippen LogP contribution is 2.49. The van der Waals surface area contributed by atoms with Gasteiger partial charge in [0.25, 0.3) is 0 Å². The van der Waals surface area contributed by atoms with E-state index < -0.39 is 5.97 Å². The second kappa shape index (κ2) is 5.39. The highest BCUT2D eigenvalue weighted by Gasteiger charge is 2.45. The van der Waals surface area contributed by atoms with E-state index in [9.17, 15) is 9.59 Å². The first-order chi connectivity index (χ1) is 8.90. The molecule has 1 aliphatic rings. The highest BCUT2D eigenvalue weighted by atomic mass is 35.5. The van der Waals surface area contributed by atoms with Crippen molar-refractivity contribution in [2.75, 3.05) is 13.6 Å². The molecule has 1 amide bonds. The lowest BCUT2D eigenvalue weighted by atomic mass is 10.1. The summed E-state index contributed by atoms with van der Waals surface area (Å²) in [5, 5.41) is 9.61. The van der Waals surface area contributed by atoms with Crippen molar-refractivity contribution in [1.82, 2.24) is 4.90 Å². The maximum Gasteiger partial charge on any atom is 0.323 e. The van der Waals surface area contributed by atoms with Gasteiger partial charge in [0.05, 0.1) is 10.0 Å². The average molecular weight is 302 g/mol. The van der Waals surface area contributed by atoms with Crippen LogP contribution in [0.1, 0.15) is 17.9 Å². The number of rotatable bonds is 4. The van der Waals surface area contributed by atoms with Crippen LogP contribution in [0.2, 0.25) is 10.0 Å². The Hall–Kier alpha value is -1.26. The summed E-state index contributed by atoms with van der Waals surface area (Å²) in [6, 6.07) is 5.32. The standard InChI is InChI=1S/C13H13Cl2NO3/c1-16(6-12(17)18)13(19)9-5-8(9)7-2-3-10(14)11(15)4-7/h2-4,8-9H,5-6H2,1H3,(H,17,18). The molecule has 1 aromatic rings. The van der Waals surface area contributed by atoms with E-state index in [1.807, 2.05) is 6.07 Å². The van der Waals surface area contributed by atoms with Crippen molar-refractivity contribution in [3.63, 3.8) is 0 Å². The van der Waals surface area contributed by atoms with Crippen molar-refractivity contribution in [2.45, 2.75) is 12.3 Å². The number of hydrogen-bond acceptors (Lipinski definition) is 2. The molecule has 0 saturated heterocycles. The molecule has 2 rings (SSSR count). The van der Waals surface area contributed by atoms with E-state index in [0.29, 0.717) is 10.0 Å². The fourth-order valence-corrected chi connectivity index (χ4v) is 2.45. The summed E-state index contributed by atoms with van der Waals surface area (Å²) in [6.45, 7) is -0.274. The van der Waals surface area contributed by atoms with E-state index in [0.717, 1.165) is 12.0 Å². The number of nitrogens with zero attached hydrogens (tertiary/aromatic N) is 1. The van der Waals surface area contributed by atoms with Gasteiger partial charge in [-0.2, -0.15) is 0 Å². The molecule has 19 heavy (non-hydrogen) atoms. The molecule has 1 N–H and O–H groups in total. The van der Waals surface area contributed by atoms with Crippen LogP contribution in [0.4, 0.5) is 0 Å². The van der Waals surface area contributed by atoms with Crippen molar-refractivity contribution < 1.29 is 14.7 Å². The van der Waals surface area contributed by atoms with Crippen molar-refractivity contribution in [3.05, 3.63) is 33.8 Å². The smallest absolute Gasteiger partial charge is 0.323 e. The minimum absolute atomic E-state index is 0.110. The van der Waals surface area contributed by atoms with E-state index in [-0.39, 0.29) is 24.3 Å². The van der Waals surface area contributed by atoms with Crippen LogP contribution in [-0.2, 0) is 9.59 Å². The number of carboxylic acids is 1. The van der Waals surface area contributed by atoms with E-state index in [1.54, 1.807) is 12.1 Å². The zero-order valence-electron chi connectivity index (χ0n) is 10.3. The van der Waals surface area contributed by atoms with Crippen LogP contribution in [0, 0.1) is 5.92 Å². The van der Waals surface area contributed by atoms with Crippen LogP contribution in [0.3, 0.4) is 0 Å². The van der Waals surface area contributed by atoms with Gasteiger partial charge in [0.2, 0.25) is 5.91 Å². The first-order valence-corrected chi connectivity index (χ1v) is 6.57. The van der Waals surface area contributed by atoms with Gasteiger partial charge in [0.15, 0.2) is 0 Å². The molecule has 0 aliphatic heterocycles. The number of carbonyl (C=O) groups excluding carboxylic acids is 1. The molecule has 6 heteroatoms. The maximum absolute atomic E-state index is 12.0. The highest BCUT2D eigenvalue weighted by molar-refractivity contribution is 6.42. The van der Waals surface area contributed by atoms with E-state index in [2.05, 4.69) is 0 Å². The van der Waals surface area contributed by atoms with Crippen LogP contribution in [0.15, 0.2) is 18.2 Å². The van der Waals surface area contributed by atoms with Gasteiger partial charge in [0.1, 0.15) is 6.54 Å². The number of halogens is 2. The molecule has 0 heterocycles. The third-order valence-corrected chi connectivity index (χ3v) is 3.97. The molecule has 102 valence electrons. The van der Waals surface area contributed by atoms with Crippen LogP contribution in [0.5, 0.6) is 0 Å². The minimum Gasteiger partial charge on any atom is -0.480 e. The first kappa shape index (κ1) is 14.2. The Morgan fingerprint density at radius 3 is 2.63 bits per heavy atom. The number of benzene rings is 1. The molecule has 0 spiro atoms. The van der Waals surface area contributed by atoms with E-state index in [4.69, 9.17) is 28.3 Å². The number of carboxylic acid groups (broad SMARTS) is 1. The molecule has 0 bridgehead atoms. The molecule has 1 aromatic carbocycles. The van der Waals surface area contributed by atoms with E-state index in [1.165, 1.54) is 11.9 Å². The lowest BCUT2D eigenvalue weighted by Crippen LogP contribution is -2.33. The number of aliphatic carboxylic acids is 1. The fourth-order valence-electron chi connectivity index (χ4n) is 2.14. The summed E-state index contributed by atoms with van der Waals surface area (Å²) in [7, 11) is 1.50. The molecule has 0 aromatic heterocycles. The topological polar surface area (TPSA) is 57.6 Å². The summed E-state index contributed by atoms with van der Waals surface area (Å²) >= 11 is 11.8. The SMILES string of the molecule is CN(CC(=O)O)C(=O)C1CC1c1ccc(Cl)c(Cl)c1. The third kappa shape index (κ3) is 3.19. The van der Waals surface area contributed by atoms with Crippen LogP contribution in [0.25, 0.3) is 0 Å². The van der Waals surface area contributed by atoms with Crippen LogP contribution in [-0.4, -0.2) is 35.5 Å². The molecule has 0 radical (unpaired) electrons. The molecule has 1 saturated carbocycles. The van der Waals surface area contributed by atoms with Gasteiger partial charge in [0, 0.05) is 13.0 Å². The predicted octanol–water partition coefficient (Wildman–Crippen LogP) is 2.64. The summed E-state index contributed by atoms with van der Waals surface area (Å²) < 4.78 is 0. The molecule has 1 fully saturated rings. The van der Waals surface area contributed by atoms with Crippen LogP contribution >= 0.6 is 23.2 Å². The minimum atomic E-state index is -1.01. The molecule has 2 atom stereocenters. The largest absolute Gasteiger partial charge is 0.480 e. The van der Waals surface area contributed by atoms with Crippen LogP contribution < -0.4 is 0 Å². The molecule has 1 aliphatic carbocycles. The summed E-state index contributed by atoms with van der Waals surface area (Å²) in [5.41, 5.74) is 0.969. The molecular formula is C13H13Cl2NO3. The monoisotopic (exact) mass is 301 g/mol. The second-order valence-corrected chi connectivity index (χ2v) is 5.52. The lowest BCUT2D eigenvalue weighted by molar-refractivity contribution is -0.144. The quantitative estimate of drug-likeness (QED) is 0.930. The Labute approximate surface area is 120 Å².